The van der Waals surface area contributed by atoms with Gasteiger partial charge in [-0.05, 0) is 47.3 Å². The molecule has 0 spiro atoms. The summed E-state index contributed by atoms with van der Waals surface area (Å²) in [4.78, 5) is 0. The van der Waals surface area contributed by atoms with Crippen molar-refractivity contribution >= 4 is 12.2 Å². The molecule has 0 radical (unpaired) electrons. The van der Waals surface area contributed by atoms with Crippen LogP contribution in [0.4, 0.5) is 0 Å². The van der Waals surface area contributed by atoms with E-state index in [1.54, 1.807) is 0 Å². The summed E-state index contributed by atoms with van der Waals surface area (Å²) in [6, 6.07) is 6.66. The maximum Gasteiger partial charge on any atom is -0.000147 e. The van der Waals surface area contributed by atoms with Crippen LogP contribution in [0.2, 0.25) is 0 Å². The zero-order chi connectivity index (χ0) is 12.4. The third-order valence-corrected chi connectivity index (χ3v) is 3.85. The molecule has 0 aromatic heterocycles. The van der Waals surface area contributed by atoms with Crippen molar-refractivity contribution in [1.29, 1.82) is 0 Å². The van der Waals surface area contributed by atoms with Crippen LogP contribution in [0.15, 0.2) is 29.3 Å². The minimum Gasteiger partial charge on any atom is -0.0698 e. The van der Waals surface area contributed by atoms with Crippen LogP contribution in [0.3, 0.4) is 0 Å². The summed E-state index contributed by atoms with van der Waals surface area (Å²) < 4.78 is 0. The minimum atomic E-state index is 0.551. The molecule has 0 fully saturated rings. The number of hydrogen-bond donors (Lipinski definition) is 0. The molecule has 0 heterocycles. The zero-order valence-corrected chi connectivity index (χ0v) is 11.4. The Kier molecular flexibility index (Phi) is 3.51. The fourth-order valence-corrected chi connectivity index (χ4v) is 2.63. The fraction of sp³-hybridized carbons (Fsp3) is 0.412. The van der Waals surface area contributed by atoms with Crippen LogP contribution in [-0.2, 0) is 6.42 Å². The Labute approximate surface area is 104 Å². The maximum atomic E-state index is 2.43. The Hall–Kier alpha value is -1.30. The SMILES string of the molecule is CC/C(C)=C1\C=c2cccc(CC)c2=CC1C. The van der Waals surface area contributed by atoms with Gasteiger partial charge in [-0.25, -0.2) is 0 Å². The van der Waals surface area contributed by atoms with Crippen molar-refractivity contribution in [3.8, 4) is 0 Å². The summed E-state index contributed by atoms with van der Waals surface area (Å²) in [5.41, 5.74) is 4.49. The van der Waals surface area contributed by atoms with E-state index in [1.165, 1.54) is 27.1 Å². The topological polar surface area (TPSA) is 0 Å². The number of aryl methyl sites for hydroxylation is 1. The van der Waals surface area contributed by atoms with Crippen LogP contribution in [0.5, 0.6) is 0 Å². The minimum absolute atomic E-state index is 0.551. The lowest BCUT2D eigenvalue weighted by Gasteiger charge is -2.17. The lowest BCUT2D eigenvalue weighted by Crippen LogP contribution is -2.32. The van der Waals surface area contributed by atoms with Gasteiger partial charge in [0.1, 0.15) is 0 Å². The van der Waals surface area contributed by atoms with Gasteiger partial charge in [0, 0.05) is 0 Å². The first kappa shape index (κ1) is 12.2. The van der Waals surface area contributed by atoms with Gasteiger partial charge in [-0.1, -0.05) is 56.7 Å². The molecule has 1 unspecified atom stereocenters. The van der Waals surface area contributed by atoms with Gasteiger partial charge < -0.3 is 0 Å². The molecule has 2 rings (SSSR count). The Morgan fingerprint density at radius 3 is 2.65 bits per heavy atom. The fourth-order valence-electron chi connectivity index (χ4n) is 2.63. The van der Waals surface area contributed by atoms with Gasteiger partial charge in [-0.2, -0.15) is 0 Å². The molecule has 17 heavy (non-hydrogen) atoms. The number of rotatable bonds is 2. The zero-order valence-electron chi connectivity index (χ0n) is 11.4. The van der Waals surface area contributed by atoms with E-state index in [0.29, 0.717) is 5.92 Å². The second-order valence-corrected chi connectivity index (χ2v) is 4.96. The van der Waals surface area contributed by atoms with Crippen molar-refractivity contribution in [2.45, 2.75) is 40.5 Å². The average molecular weight is 226 g/mol. The van der Waals surface area contributed by atoms with Crippen LogP contribution in [0.1, 0.15) is 39.7 Å². The van der Waals surface area contributed by atoms with Gasteiger partial charge in [-0.3, -0.25) is 0 Å². The van der Waals surface area contributed by atoms with Gasteiger partial charge in [-0.15, -0.1) is 0 Å². The Bertz CT molecular complexity index is 558. The molecule has 0 saturated carbocycles. The Balaban J connectivity index is 2.71. The number of fused-ring (bicyclic) bond motifs is 1. The van der Waals surface area contributed by atoms with E-state index in [-0.39, 0.29) is 0 Å². The Morgan fingerprint density at radius 1 is 1.24 bits per heavy atom. The van der Waals surface area contributed by atoms with E-state index < -0.39 is 0 Å². The monoisotopic (exact) mass is 226 g/mol. The molecule has 0 nitrogen and oxygen atoms in total. The molecule has 90 valence electrons. The van der Waals surface area contributed by atoms with Crippen molar-refractivity contribution in [2.24, 2.45) is 5.92 Å². The van der Waals surface area contributed by atoms with Crippen molar-refractivity contribution in [1.82, 2.24) is 0 Å². The van der Waals surface area contributed by atoms with Crippen LogP contribution in [0.25, 0.3) is 12.2 Å². The van der Waals surface area contributed by atoms with Gasteiger partial charge in [0.2, 0.25) is 0 Å². The third-order valence-electron chi connectivity index (χ3n) is 3.85. The molecule has 0 bridgehead atoms. The first-order valence-corrected chi connectivity index (χ1v) is 6.68. The largest absolute Gasteiger partial charge is 0.0698 e. The van der Waals surface area contributed by atoms with Crippen LogP contribution >= 0.6 is 0 Å². The highest BCUT2D eigenvalue weighted by Crippen LogP contribution is 2.21. The molecular weight excluding hydrogens is 204 g/mol. The van der Waals surface area contributed by atoms with Gasteiger partial charge in [0.05, 0.1) is 0 Å². The average Bonchev–Trinajstić information content (AvgIpc) is 2.36. The van der Waals surface area contributed by atoms with Crippen molar-refractivity contribution in [3.05, 3.63) is 45.3 Å². The van der Waals surface area contributed by atoms with E-state index in [0.717, 1.165) is 12.8 Å². The summed E-state index contributed by atoms with van der Waals surface area (Å²) in [6.07, 6.45) is 7.08. The molecular formula is C17H22. The molecule has 0 heteroatoms. The number of allylic oxidation sites excluding steroid dienone is 2. The molecule has 1 atom stereocenters. The third kappa shape index (κ3) is 2.22. The van der Waals surface area contributed by atoms with Crippen molar-refractivity contribution < 1.29 is 0 Å². The molecule has 1 aromatic rings. The molecule has 0 N–H and O–H groups in total. The highest BCUT2D eigenvalue weighted by atomic mass is 14.2. The van der Waals surface area contributed by atoms with Gasteiger partial charge >= 0.3 is 0 Å². The highest BCUT2D eigenvalue weighted by molar-refractivity contribution is 5.60. The summed E-state index contributed by atoms with van der Waals surface area (Å²) in [5.74, 6) is 0.551. The van der Waals surface area contributed by atoms with Crippen LogP contribution < -0.4 is 10.4 Å². The van der Waals surface area contributed by atoms with Crippen LogP contribution in [-0.4, -0.2) is 0 Å². The molecule has 0 amide bonds. The van der Waals surface area contributed by atoms with Crippen LogP contribution in [0, 0.1) is 5.92 Å². The highest BCUT2D eigenvalue weighted by Gasteiger charge is 2.11. The summed E-state index contributed by atoms with van der Waals surface area (Å²) >= 11 is 0. The van der Waals surface area contributed by atoms with Gasteiger partial charge in [0.15, 0.2) is 0 Å². The van der Waals surface area contributed by atoms with E-state index in [1.807, 2.05) is 0 Å². The van der Waals surface area contributed by atoms with E-state index in [4.69, 9.17) is 0 Å². The lowest BCUT2D eigenvalue weighted by molar-refractivity contribution is 0.898. The van der Waals surface area contributed by atoms with E-state index >= 15 is 0 Å². The molecule has 1 aliphatic rings. The molecule has 0 saturated heterocycles. The maximum absolute atomic E-state index is 2.43. The number of hydrogen-bond acceptors (Lipinski definition) is 0. The normalized spacial score (nSPS) is 21.3. The number of benzene rings is 1. The first-order valence-electron chi connectivity index (χ1n) is 6.68. The summed E-state index contributed by atoms with van der Waals surface area (Å²) in [5, 5.41) is 2.85. The molecule has 0 aliphatic heterocycles. The summed E-state index contributed by atoms with van der Waals surface area (Å²) in [6.45, 7) is 9.03. The van der Waals surface area contributed by atoms with Crippen molar-refractivity contribution in [3.63, 3.8) is 0 Å². The molecule has 1 aliphatic carbocycles. The second-order valence-electron chi connectivity index (χ2n) is 4.96. The first-order chi connectivity index (χ1) is 8.17. The second kappa shape index (κ2) is 4.91. The quantitative estimate of drug-likeness (QED) is 0.726. The lowest BCUT2D eigenvalue weighted by atomic mass is 9.88. The smallest absolute Gasteiger partial charge is 0.000147 e. The predicted octanol–water partition coefficient (Wildman–Crippen LogP) is 3.19. The summed E-state index contributed by atoms with van der Waals surface area (Å²) in [7, 11) is 0. The predicted molar refractivity (Wildman–Crippen MR) is 76.2 cm³/mol. The van der Waals surface area contributed by atoms with Crippen molar-refractivity contribution in [2.75, 3.05) is 0 Å². The van der Waals surface area contributed by atoms with E-state index in [2.05, 4.69) is 58.0 Å². The van der Waals surface area contributed by atoms with E-state index in [9.17, 15) is 0 Å². The standard InChI is InChI=1S/C17H22/c1-5-12(3)16-11-15-9-7-8-14(6-2)17(15)10-13(16)4/h7-11,13H,5-6H2,1-4H3/b16-12+. The molecule has 1 aromatic carbocycles. The van der Waals surface area contributed by atoms with Gasteiger partial charge in [0.25, 0.3) is 0 Å². The Morgan fingerprint density at radius 2 is 2.00 bits per heavy atom.